The van der Waals surface area contributed by atoms with Gasteiger partial charge in [-0.25, -0.2) is 0 Å². The second-order valence-corrected chi connectivity index (χ2v) is 6.46. The lowest BCUT2D eigenvalue weighted by Crippen LogP contribution is -2.56. The van der Waals surface area contributed by atoms with E-state index in [0.29, 0.717) is 0 Å². The van der Waals surface area contributed by atoms with Crippen molar-refractivity contribution in [2.75, 3.05) is 13.1 Å². The second kappa shape index (κ2) is 6.68. The van der Waals surface area contributed by atoms with E-state index in [9.17, 15) is 0 Å². The van der Waals surface area contributed by atoms with Gasteiger partial charge in [0.15, 0.2) is 0 Å². The first-order valence-corrected chi connectivity index (χ1v) is 7.96. The van der Waals surface area contributed by atoms with Gasteiger partial charge < -0.3 is 5.73 Å². The van der Waals surface area contributed by atoms with Crippen molar-refractivity contribution in [3.05, 3.63) is 30.1 Å². The topological polar surface area (TPSA) is 42.2 Å². The van der Waals surface area contributed by atoms with Gasteiger partial charge in [0.1, 0.15) is 0 Å². The van der Waals surface area contributed by atoms with E-state index >= 15 is 0 Å². The molecule has 0 aliphatic heterocycles. The first kappa shape index (κ1) is 15.5. The van der Waals surface area contributed by atoms with Crippen molar-refractivity contribution in [2.45, 2.75) is 52.1 Å². The summed E-state index contributed by atoms with van der Waals surface area (Å²) in [5.74, 6) is 1.58. The summed E-state index contributed by atoms with van der Waals surface area (Å²) in [7, 11) is 0. The standard InChI is InChI=1S/C17H29N3/c1-4-20(12-16-7-5-6-10-19-16)17(13-18)9-8-14(2)15(3)11-17/h5-7,10,14-15H,4,8-9,11-13,18H2,1-3H3. The number of likely N-dealkylation sites (N-methyl/N-ethyl adjacent to an activating group) is 1. The second-order valence-electron chi connectivity index (χ2n) is 6.46. The molecule has 2 rings (SSSR count). The summed E-state index contributed by atoms with van der Waals surface area (Å²) >= 11 is 0. The molecular weight excluding hydrogens is 246 g/mol. The maximum absolute atomic E-state index is 6.21. The van der Waals surface area contributed by atoms with Crippen molar-refractivity contribution in [1.29, 1.82) is 0 Å². The number of pyridine rings is 1. The van der Waals surface area contributed by atoms with E-state index in [1.54, 1.807) is 0 Å². The fourth-order valence-electron chi connectivity index (χ4n) is 3.59. The van der Waals surface area contributed by atoms with Crippen molar-refractivity contribution in [1.82, 2.24) is 9.88 Å². The highest BCUT2D eigenvalue weighted by molar-refractivity contribution is 5.06. The quantitative estimate of drug-likeness (QED) is 0.898. The summed E-state index contributed by atoms with van der Waals surface area (Å²) < 4.78 is 0. The van der Waals surface area contributed by atoms with Crippen LogP contribution in [0.15, 0.2) is 24.4 Å². The Balaban J connectivity index is 2.15. The van der Waals surface area contributed by atoms with Crippen LogP contribution < -0.4 is 5.73 Å². The van der Waals surface area contributed by atoms with Crippen LogP contribution >= 0.6 is 0 Å². The minimum Gasteiger partial charge on any atom is -0.329 e. The molecule has 1 aromatic heterocycles. The van der Waals surface area contributed by atoms with Gasteiger partial charge in [-0.3, -0.25) is 9.88 Å². The van der Waals surface area contributed by atoms with Gasteiger partial charge in [-0.05, 0) is 49.8 Å². The third-order valence-corrected chi connectivity index (χ3v) is 5.25. The van der Waals surface area contributed by atoms with Gasteiger partial charge in [-0.1, -0.05) is 26.8 Å². The number of hydrogen-bond donors (Lipinski definition) is 1. The summed E-state index contributed by atoms with van der Waals surface area (Å²) in [6, 6.07) is 6.15. The van der Waals surface area contributed by atoms with Gasteiger partial charge in [0.05, 0.1) is 5.69 Å². The third-order valence-electron chi connectivity index (χ3n) is 5.25. The van der Waals surface area contributed by atoms with Crippen molar-refractivity contribution >= 4 is 0 Å². The molecular formula is C17H29N3. The van der Waals surface area contributed by atoms with Gasteiger partial charge in [-0.2, -0.15) is 0 Å². The van der Waals surface area contributed by atoms with Crippen LogP contribution in [0.5, 0.6) is 0 Å². The highest BCUT2D eigenvalue weighted by Crippen LogP contribution is 2.39. The van der Waals surface area contributed by atoms with Crippen LogP contribution in [0, 0.1) is 11.8 Å². The molecule has 1 saturated carbocycles. The normalized spacial score (nSPS) is 30.6. The first-order chi connectivity index (χ1) is 9.61. The number of rotatable bonds is 5. The molecule has 0 amide bonds. The molecule has 3 atom stereocenters. The fourth-order valence-corrected chi connectivity index (χ4v) is 3.59. The zero-order chi connectivity index (χ0) is 14.6. The van der Waals surface area contributed by atoms with Gasteiger partial charge in [-0.15, -0.1) is 0 Å². The molecule has 0 radical (unpaired) electrons. The van der Waals surface area contributed by atoms with E-state index in [1.165, 1.54) is 19.3 Å². The van der Waals surface area contributed by atoms with Gasteiger partial charge in [0.2, 0.25) is 0 Å². The molecule has 1 fully saturated rings. The van der Waals surface area contributed by atoms with Gasteiger partial charge >= 0.3 is 0 Å². The Hall–Kier alpha value is -0.930. The maximum Gasteiger partial charge on any atom is 0.0544 e. The molecule has 0 aromatic carbocycles. The lowest BCUT2D eigenvalue weighted by molar-refractivity contribution is 0.0180. The number of nitrogens with two attached hydrogens (primary N) is 1. The molecule has 0 spiro atoms. The largest absolute Gasteiger partial charge is 0.329 e. The van der Waals surface area contributed by atoms with Crippen LogP contribution in [-0.4, -0.2) is 28.5 Å². The van der Waals surface area contributed by atoms with E-state index in [1.807, 2.05) is 12.3 Å². The molecule has 1 aliphatic rings. The molecule has 1 aliphatic carbocycles. The van der Waals surface area contributed by atoms with Crippen LogP contribution in [0.1, 0.15) is 45.7 Å². The van der Waals surface area contributed by atoms with E-state index in [-0.39, 0.29) is 5.54 Å². The Morgan fingerprint density at radius 3 is 2.70 bits per heavy atom. The van der Waals surface area contributed by atoms with E-state index in [2.05, 4.69) is 42.8 Å². The molecule has 3 nitrogen and oxygen atoms in total. The summed E-state index contributed by atoms with van der Waals surface area (Å²) in [5.41, 5.74) is 7.53. The van der Waals surface area contributed by atoms with Crippen molar-refractivity contribution in [2.24, 2.45) is 17.6 Å². The number of aromatic nitrogens is 1. The molecule has 0 saturated heterocycles. The van der Waals surface area contributed by atoms with Crippen LogP contribution in [0.25, 0.3) is 0 Å². The molecule has 1 aromatic rings. The Morgan fingerprint density at radius 2 is 2.15 bits per heavy atom. The van der Waals surface area contributed by atoms with E-state index in [0.717, 1.165) is 37.2 Å². The van der Waals surface area contributed by atoms with Crippen LogP contribution in [0.4, 0.5) is 0 Å². The SMILES string of the molecule is CCN(Cc1ccccn1)C1(CN)CCC(C)C(C)C1. The van der Waals surface area contributed by atoms with Crippen LogP contribution in [-0.2, 0) is 6.54 Å². The van der Waals surface area contributed by atoms with Crippen molar-refractivity contribution < 1.29 is 0 Å². The molecule has 0 bridgehead atoms. The Bertz CT molecular complexity index is 406. The first-order valence-electron chi connectivity index (χ1n) is 7.96. The molecule has 2 N–H and O–H groups in total. The monoisotopic (exact) mass is 275 g/mol. The third kappa shape index (κ3) is 3.21. The lowest BCUT2D eigenvalue weighted by Gasteiger charge is -2.49. The van der Waals surface area contributed by atoms with Gasteiger partial charge in [0, 0.05) is 24.8 Å². The molecule has 20 heavy (non-hydrogen) atoms. The van der Waals surface area contributed by atoms with Crippen LogP contribution in [0.2, 0.25) is 0 Å². The number of nitrogens with zero attached hydrogens (tertiary/aromatic N) is 2. The summed E-state index contributed by atoms with van der Waals surface area (Å²) in [6.07, 6.45) is 5.60. The summed E-state index contributed by atoms with van der Waals surface area (Å²) in [5, 5.41) is 0. The zero-order valence-corrected chi connectivity index (χ0v) is 13.2. The molecule has 3 unspecified atom stereocenters. The molecule has 3 heteroatoms. The van der Waals surface area contributed by atoms with E-state index in [4.69, 9.17) is 5.73 Å². The van der Waals surface area contributed by atoms with Crippen LogP contribution in [0.3, 0.4) is 0 Å². The zero-order valence-electron chi connectivity index (χ0n) is 13.2. The highest BCUT2D eigenvalue weighted by Gasteiger charge is 2.40. The molecule has 1 heterocycles. The Kier molecular flexibility index (Phi) is 5.17. The predicted molar refractivity (Wildman–Crippen MR) is 84.3 cm³/mol. The Morgan fingerprint density at radius 1 is 1.35 bits per heavy atom. The smallest absolute Gasteiger partial charge is 0.0544 e. The van der Waals surface area contributed by atoms with E-state index < -0.39 is 0 Å². The Labute approximate surface area is 123 Å². The fraction of sp³-hybridized carbons (Fsp3) is 0.706. The lowest BCUT2D eigenvalue weighted by atomic mass is 9.70. The predicted octanol–water partition coefficient (Wildman–Crippen LogP) is 3.06. The minimum atomic E-state index is 0.165. The van der Waals surface area contributed by atoms with Crippen molar-refractivity contribution in [3.8, 4) is 0 Å². The van der Waals surface area contributed by atoms with Gasteiger partial charge in [0.25, 0.3) is 0 Å². The maximum atomic E-state index is 6.21. The highest BCUT2D eigenvalue weighted by atomic mass is 15.2. The molecule has 112 valence electrons. The number of hydrogen-bond acceptors (Lipinski definition) is 3. The average Bonchev–Trinajstić information content (AvgIpc) is 2.49. The average molecular weight is 275 g/mol. The summed E-state index contributed by atoms with van der Waals surface area (Å²) in [6.45, 7) is 9.70. The van der Waals surface area contributed by atoms with Crippen molar-refractivity contribution in [3.63, 3.8) is 0 Å². The minimum absolute atomic E-state index is 0.165. The summed E-state index contributed by atoms with van der Waals surface area (Å²) in [4.78, 5) is 7.03.